The SMILES string of the molecule is Brc1cnc2c(ccn2CC2CCN(Sc3ccccc3)CC2)c1. The summed E-state index contributed by atoms with van der Waals surface area (Å²) < 4.78 is 5.85. The molecule has 4 rings (SSSR count). The van der Waals surface area contributed by atoms with Gasteiger partial charge in [-0.15, -0.1) is 0 Å². The molecule has 1 aliphatic heterocycles. The van der Waals surface area contributed by atoms with Gasteiger partial charge < -0.3 is 4.57 Å². The predicted molar refractivity (Wildman–Crippen MR) is 104 cm³/mol. The van der Waals surface area contributed by atoms with Gasteiger partial charge in [0.2, 0.25) is 0 Å². The van der Waals surface area contributed by atoms with E-state index in [-0.39, 0.29) is 0 Å². The van der Waals surface area contributed by atoms with Crippen LogP contribution in [0.4, 0.5) is 0 Å². The van der Waals surface area contributed by atoms with Gasteiger partial charge in [0.25, 0.3) is 0 Å². The van der Waals surface area contributed by atoms with E-state index in [1.807, 2.05) is 18.1 Å². The minimum absolute atomic E-state index is 0.735. The van der Waals surface area contributed by atoms with E-state index in [0.717, 1.165) is 35.7 Å². The van der Waals surface area contributed by atoms with Crippen molar-refractivity contribution < 1.29 is 0 Å². The van der Waals surface area contributed by atoms with Crippen LogP contribution < -0.4 is 0 Å². The molecule has 0 aliphatic carbocycles. The minimum atomic E-state index is 0.735. The summed E-state index contributed by atoms with van der Waals surface area (Å²) >= 11 is 5.38. The molecule has 24 heavy (non-hydrogen) atoms. The average Bonchev–Trinajstić information content (AvgIpc) is 2.99. The number of piperidine rings is 1. The molecule has 1 aromatic carbocycles. The first kappa shape index (κ1) is 16.2. The molecule has 3 heterocycles. The van der Waals surface area contributed by atoms with E-state index < -0.39 is 0 Å². The summed E-state index contributed by atoms with van der Waals surface area (Å²) in [4.78, 5) is 5.91. The molecule has 3 nitrogen and oxygen atoms in total. The molecule has 2 aromatic heterocycles. The molecule has 0 amide bonds. The maximum atomic E-state index is 4.58. The normalized spacial score (nSPS) is 16.7. The van der Waals surface area contributed by atoms with Crippen LogP contribution in [0.3, 0.4) is 0 Å². The number of pyridine rings is 1. The van der Waals surface area contributed by atoms with E-state index >= 15 is 0 Å². The average molecular weight is 402 g/mol. The van der Waals surface area contributed by atoms with Crippen molar-refractivity contribution in [2.24, 2.45) is 5.92 Å². The summed E-state index contributed by atoms with van der Waals surface area (Å²) in [5.74, 6) is 0.735. The number of halogens is 1. The Morgan fingerprint density at radius 1 is 1.12 bits per heavy atom. The maximum Gasteiger partial charge on any atom is 0.139 e. The summed E-state index contributed by atoms with van der Waals surface area (Å²) in [7, 11) is 0. The van der Waals surface area contributed by atoms with Gasteiger partial charge in [-0.2, -0.15) is 0 Å². The van der Waals surface area contributed by atoms with E-state index in [2.05, 4.69) is 78.4 Å². The van der Waals surface area contributed by atoms with Gasteiger partial charge in [0.1, 0.15) is 5.65 Å². The second kappa shape index (κ2) is 7.30. The molecule has 0 unspecified atom stereocenters. The quantitative estimate of drug-likeness (QED) is 0.559. The van der Waals surface area contributed by atoms with Gasteiger partial charge in [0.15, 0.2) is 0 Å². The Kier molecular flexibility index (Phi) is 4.92. The fourth-order valence-corrected chi connectivity index (χ4v) is 4.61. The molecular formula is C19H20BrN3S. The van der Waals surface area contributed by atoms with Crippen LogP contribution in [0.1, 0.15) is 12.8 Å². The monoisotopic (exact) mass is 401 g/mol. The van der Waals surface area contributed by atoms with Crippen molar-refractivity contribution in [2.75, 3.05) is 13.1 Å². The van der Waals surface area contributed by atoms with Gasteiger partial charge in [0, 0.05) is 46.8 Å². The van der Waals surface area contributed by atoms with Crippen LogP contribution in [0.5, 0.6) is 0 Å². The minimum Gasteiger partial charge on any atom is -0.332 e. The van der Waals surface area contributed by atoms with E-state index in [9.17, 15) is 0 Å². The molecule has 124 valence electrons. The Morgan fingerprint density at radius 3 is 2.71 bits per heavy atom. The summed E-state index contributed by atoms with van der Waals surface area (Å²) in [6, 6.07) is 15.0. The zero-order valence-electron chi connectivity index (χ0n) is 13.4. The Balaban J connectivity index is 1.36. The molecule has 1 aliphatic rings. The van der Waals surface area contributed by atoms with Gasteiger partial charge in [0.05, 0.1) is 0 Å². The van der Waals surface area contributed by atoms with Gasteiger partial charge in [-0.3, -0.25) is 0 Å². The second-order valence-electron chi connectivity index (χ2n) is 6.31. The topological polar surface area (TPSA) is 21.1 Å². The molecule has 0 radical (unpaired) electrons. The number of aromatic nitrogens is 2. The largest absolute Gasteiger partial charge is 0.332 e. The van der Waals surface area contributed by atoms with Crippen LogP contribution in [-0.2, 0) is 6.54 Å². The number of benzene rings is 1. The predicted octanol–water partition coefficient (Wildman–Crippen LogP) is 5.22. The van der Waals surface area contributed by atoms with Crippen molar-refractivity contribution in [3.05, 3.63) is 59.3 Å². The summed E-state index contributed by atoms with van der Waals surface area (Å²) in [5.41, 5.74) is 1.10. The van der Waals surface area contributed by atoms with Crippen LogP contribution in [-0.4, -0.2) is 26.9 Å². The molecule has 1 fully saturated rings. The highest BCUT2D eigenvalue weighted by molar-refractivity contribution is 9.10. The lowest BCUT2D eigenvalue weighted by Gasteiger charge is -2.31. The van der Waals surface area contributed by atoms with Crippen molar-refractivity contribution in [3.8, 4) is 0 Å². The lowest BCUT2D eigenvalue weighted by Crippen LogP contribution is -2.30. The summed E-state index contributed by atoms with van der Waals surface area (Å²) in [6.07, 6.45) is 6.55. The van der Waals surface area contributed by atoms with Crippen molar-refractivity contribution in [3.63, 3.8) is 0 Å². The Labute approximate surface area is 155 Å². The van der Waals surface area contributed by atoms with Crippen LogP contribution in [0.2, 0.25) is 0 Å². The van der Waals surface area contributed by atoms with Crippen molar-refractivity contribution >= 4 is 38.9 Å². The van der Waals surface area contributed by atoms with Crippen LogP contribution in [0.25, 0.3) is 11.0 Å². The smallest absolute Gasteiger partial charge is 0.139 e. The first-order valence-corrected chi connectivity index (χ1v) is 9.93. The number of rotatable bonds is 4. The zero-order chi connectivity index (χ0) is 16.4. The second-order valence-corrected chi connectivity index (χ2v) is 8.40. The fraction of sp³-hybridized carbons (Fsp3) is 0.316. The molecule has 1 saturated heterocycles. The maximum absolute atomic E-state index is 4.58. The standard InChI is InChI=1S/C19H20BrN3S/c20-17-12-16-8-9-22(19(16)21-13-17)14-15-6-10-23(11-7-15)24-18-4-2-1-3-5-18/h1-5,8-9,12-13,15H,6-7,10-11,14H2. The number of fused-ring (bicyclic) bond motifs is 1. The lowest BCUT2D eigenvalue weighted by atomic mass is 9.98. The van der Waals surface area contributed by atoms with E-state index in [1.165, 1.54) is 23.1 Å². The van der Waals surface area contributed by atoms with E-state index in [1.54, 1.807) is 0 Å². The molecule has 0 atom stereocenters. The number of hydrogen-bond donors (Lipinski definition) is 0. The molecule has 0 spiro atoms. The highest BCUT2D eigenvalue weighted by atomic mass is 79.9. The third-order valence-electron chi connectivity index (χ3n) is 4.57. The number of nitrogens with zero attached hydrogens (tertiary/aromatic N) is 3. The Bertz CT molecular complexity index is 810. The van der Waals surface area contributed by atoms with Crippen molar-refractivity contribution in [1.82, 2.24) is 13.9 Å². The van der Waals surface area contributed by atoms with Gasteiger partial charge in [-0.05, 0) is 70.9 Å². The number of hydrogen-bond acceptors (Lipinski definition) is 3. The molecule has 0 bridgehead atoms. The molecule has 0 saturated carbocycles. The first-order chi connectivity index (χ1) is 11.8. The molecular weight excluding hydrogens is 382 g/mol. The van der Waals surface area contributed by atoms with Gasteiger partial charge in [-0.1, -0.05) is 18.2 Å². The molecule has 0 N–H and O–H groups in total. The summed E-state index contributed by atoms with van der Waals surface area (Å²) in [5, 5.41) is 1.21. The van der Waals surface area contributed by atoms with Crippen LogP contribution >= 0.6 is 27.9 Å². The highest BCUT2D eigenvalue weighted by Gasteiger charge is 2.20. The third-order valence-corrected chi connectivity index (χ3v) is 6.11. The van der Waals surface area contributed by atoms with E-state index in [0.29, 0.717) is 0 Å². The zero-order valence-corrected chi connectivity index (χ0v) is 15.8. The first-order valence-electron chi connectivity index (χ1n) is 8.36. The molecule has 5 heteroatoms. The summed E-state index contributed by atoms with van der Waals surface area (Å²) in [6.45, 7) is 3.38. The Morgan fingerprint density at radius 2 is 1.92 bits per heavy atom. The fourth-order valence-electron chi connectivity index (χ4n) is 3.29. The van der Waals surface area contributed by atoms with Crippen molar-refractivity contribution in [2.45, 2.75) is 24.3 Å². The van der Waals surface area contributed by atoms with Crippen LogP contribution in [0, 0.1) is 5.92 Å². The van der Waals surface area contributed by atoms with E-state index in [4.69, 9.17) is 0 Å². The van der Waals surface area contributed by atoms with Crippen molar-refractivity contribution in [1.29, 1.82) is 0 Å². The lowest BCUT2D eigenvalue weighted by molar-refractivity contribution is 0.269. The van der Waals surface area contributed by atoms with Gasteiger partial charge >= 0.3 is 0 Å². The Hall–Kier alpha value is -1.30. The third kappa shape index (κ3) is 3.68. The van der Waals surface area contributed by atoms with Gasteiger partial charge in [-0.25, -0.2) is 9.29 Å². The highest BCUT2D eigenvalue weighted by Crippen LogP contribution is 2.29. The molecule has 3 aromatic rings. The van der Waals surface area contributed by atoms with Crippen LogP contribution in [0.15, 0.2) is 64.2 Å².